The smallest absolute Gasteiger partial charge is 0.422 e. The number of piperidine rings is 1. The second-order valence-electron chi connectivity index (χ2n) is 5.35. The van der Waals surface area contributed by atoms with E-state index in [-0.39, 0.29) is 17.7 Å². The van der Waals surface area contributed by atoms with Crippen molar-refractivity contribution < 1.29 is 22.7 Å². The Morgan fingerprint density at radius 1 is 1.50 bits per heavy atom. The zero-order valence-electron chi connectivity index (χ0n) is 12.1. The molecule has 2 atom stereocenters. The molecule has 5 nitrogen and oxygen atoms in total. The zero-order valence-corrected chi connectivity index (χ0v) is 12.1. The Labute approximate surface area is 126 Å². The third kappa shape index (κ3) is 5.18. The molecule has 22 heavy (non-hydrogen) atoms. The first-order valence-electron chi connectivity index (χ1n) is 7.03. The minimum Gasteiger partial charge on any atom is -0.468 e. The second-order valence-corrected chi connectivity index (χ2v) is 5.35. The summed E-state index contributed by atoms with van der Waals surface area (Å²) < 4.78 is 40.5. The maximum absolute atomic E-state index is 12.1. The van der Waals surface area contributed by atoms with Crippen molar-refractivity contribution in [1.82, 2.24) is 10.3 Å². The number of hydrogen-bond acceptors (Lipinski definition) is 4. The van der Waals surface area contributed by atoms with Crippen molar-refractivity contribution in [2.24, 2.45) is 5.92 Å². The summed E-state index contributed by atoms with van der Waals surface area (Å²) in [6.07, 6.45) is -1.60. The van der Waals surface area contributed by atoms with E-state index in [4.69, 9.17) is 0 Å². The fourth-order valence-electron chi connectivity index (χ4n) is 2.31. The van der Waals surface area contributed by atoms with Gasteiger partial charge in [0, 0.05) is 18.0 Å². The quantitative estimate of drug-likeness (QED) is 0.895. The first-order valence-corrected chi connectivity index (χ1v) is 7.03. The average molecular weight is 317 g/mol. The van der Waals surface area contributed by atoms with Gasteiger partial charge in [-0.05, 0) is 32.4 Å². The molecule has 0 unspecified atom stereocenters. The van der Waals surface area contributed by atoms with Crippen molar-refractivity contribution >= 4 is 11.6 Å². The number of hydrogen-bond donors (Lipinski definition) is 2. The van der Waals surface area contributed by atoms with Crippen LogP contribution < -0.4 is 15.4 Å². The van der Waals surface area contributed by atoms with E-state index < -0.39 is 12.8 Å². The summed E-state index contributed by atoms with van der Waals surface area (Å²) in [6, 6.07) is 3.06. The number of alkyl halides is 3. The van der Waals surface area contributed by atoms with E-state index >= 15 is 0 Å². The summed E-state index contributed by atoms with van der Waals surface area (Å²) >= 11 is 0. The van der Waals surface area contributed by atoms with Crippen LogP contribution in [0.15, 0.2) is 18.3 Å². The predicted molar refractivity (Wildman–Crippen MR) is 74.6 cm³/mol. The lowest BCUT2D eigenvalue weighted by Gasteiger charge is -2.27. The van der Waals surface area contributed by atoms with Gasteiger partial charge in [-0.3, -0.25) is 4.79 Å². The number of nitrogens with one attached hydrogen (secondary N) is 2. The fourth-order valence-corrected chi connectivity index (χ4v) is 2.31. The standard InChI is InChI=1S/C14H18F3N3O2/c1-9-6-10(4-5-18-9)13(21)20-11-2-3-12(19-7-11)22-8-14(15,16)17/h2-3,7,9-10,18H,4-6,8H2,1H3,(H,20,21)/t9-,10-/m0/s1. The van der Waals surface area contributed by atoms with Crippen LogP contribution in [0.1, 0.15) is 19.8 Å². The molecule has 0 aliphatic carbocycles. The molecule has 2 N–H and O–H groups in total. The summed E-state index contributed by atoms with van der Waals surface area (Å²) in [5.41, 5.74) is 0.440. The Hall–Kier alpha value is -1.83. The molecule has 0 spiro atoms. The van der Waals surface area contributed by atoms with E-state index in [1.54, 1.807) is 0 Å². The maximum atomic E-state index is 12.1. The van der Waals surface area contributed by atoms with Crippen LogP contribution >= 0.6 is 0 Å². The van der Waals surface area contributed by atoms with Gasteiger partial charge in [-0.2, -0.15) is 13.2 Å². The van der Waals surface area contributed by atoms with Crippen molar-refractivity contribution in [1.29, 1.82) is 0 Å². The van der Waals surface area contributed by atoms with E-state index in [0.29, 0.717) is 11.7 Å². The molecule has 2 rings (SSSR count). The topological polar surface area (TPSA) is 63.2 Å². The number of rotatable bonds is 4. The van der Waals surface area contributed by atoms with E-state index in [0.717, 1.165) is 19.4 Å². The summed E-state index contributed by atoms with van der Waals surface area (Å²) in [6.45, 7) is 1.42. The largest absolute Gasteiger partial charge is 0.468 e. The van der Waals surface area contributed by atoms with Gasteiger partial charge in [0.15, 0.2) is 6.61 Å². The van der Waals surface area contributed by atoms with Gasteiger partial charge >= 0.3 is 6.18 Å². The molecule has 1 amide bonds. The van der Waals surface area contributed by atoms with Crippen LogP contribution in [0.5, 0.6) is 5.88 Å². The first kappa shape index (κ1) is 16.5. The van der Waals surface area contributed by atoms with E-state index in [9.17, 15) is 18.0 Å². The number of halogens is 3. The predicted octanol–water partition coefficient (Wildman–Crippen LogP) is 2.35. The summed E-state index contributed by atoms with van der Waals surface area (Å²) in [5, 5.41) is 5.99. The van der Waals surface area contributed by atoms with Gasteiger partial charge in [0.1, 0.15) is 0 Å². The lowest BCUT2D eigenvalue weighted by molar-refractivity contribution is -0.154. The number of carbonyl (C=O) groups excluding carboxylic acids is 1. The molecule has 122 valence electrons. The Morgan fingerprint density at radius 2 is 2.27 bits per heavy atom. The number of ether oxygens (including phenoxy) is 1. The molecule has 1 aliphatic rings. The molecule has 1 fully saturated rings. The van der Waals surface area contributed by atoms with Crippen molar-refractivity contribution in [2.45, 2.75) is 32.0 Å². The van der Waals surface area contributed by atoms with Crippen LogP contribution in [0.2, 0.25) is 0 Å². The van der Waals surface area contributed by atoms with Crippen LogP contribution in [0.25, 0.3) is 0 Å². The SMILES string of the molecule is C[C@H]1C[C@@H](C(=O)Nc2ccc(OCC(F)(F)F)nc2)CCN1. The van der Waals surface area contributed by atoms with Crippen LogP contribution in [0.3, 0.4) is 0 Å². The Balaban J connectivity index is 1.86. The van der Waals surface area contributed by atoms with Crippen LogP contribution in [0.4, 0.5) is 18.9 Å². The molecule has 8 heteroatoms. The van der Waals surface area contributed by atoms with Gasteiger partial charge in [0.25, 0.3) is 0 Å². The van der Waals surface area contributed by atoms with Crippen LogP contribution in [-0.4, -0.2) is 36.3 Å². The Morgan fingerprint density at radius 3 is 2.86 bits per heavy atom. The minimum absolute atomic E-state index is 0.0718. The molecule has 0 bridgehead atoms. The third-order valence-electron chi connectivity index (χ3n) is 3.38. The third-order valence-corrected chi connectivity index (χ3v) is 3.38. The maximum Gasteiger partial charge on any atom is 0.422 e. The molecular formula is C14H18F3N3O2. The molecule has 0 saturated carbocycles. The second kappa shape index (κ2) is 6.95. The Bertz CT molecular complexity index is 505. The number of carbonyl (C=O) groups is 1. The van der Waals surface area contributed by atoms with E-state index in [2.05, 4.69) is 20.4 Å². The molecular weight excluding hydrogens is 299 g/mol. The molecule has 0 radical (unpaired) electrons. The first-order chi connectivity index (χ1) is 10.3. The summed E-state index contributed by atoms with van der Waals surface area (Å²) in [5.74, 6) is -0.303. The average Bonchev–Trinajstić information content (AvgIpc) is 2.46. The highest BCUT2D eigenvalue weighted by Crippen LogP contribution is 2.20. The van der Waals surface area contributed by atoms with Gasteiger partial charge in [-0.1, -0.05) is 0 Å². The van der Waals surface area contributed by atoms with Crippen LogP contribution in [0, 0.1) is 5.92 Å². The van der Waals surface area contributed by atoms with Crippen molar-refractivity contribution in [3.05, 3.63) is 18.3 Å². The lowest BCUT2D eigenvalue weighted by Crippen LogP contribution is -2.40. The van der Waals surface area contributed by atoms with Gasteiger partial charge < -0.3 is 15.4 Å². The number of amides is 1. The summed E-state index contributed by atoms with van der Waals surface area (Å²) in [4.78, 5) is 15.9. The molecule has 1 aliphatic heterocycles. The van der Waals surface area contributed by atoms with Gasteiger partial charge in [0.05, 0.1) is 11.9 Å². The molecule has 1 aromatic rings. The molecule has 1 aromatic heterocycles. The molecule has 0 aromatic carbocycles. The fraction of sp³-hybridized carbons (Fsp3) is 0.571. The van der Waals surface area contributed by atoms with Crippen molar-refractivity contribution in [3.8, 4) is 5.88 Å². The lowest BCUT2D eigenvalue weighted by atomic mass is 9.92. The highest BCUT2D eigenvalue weighted by atomic mass is 19.4. The molecule has 1 saturated heterocycles. The van der Waals surface area contributed by atoms with Crippen molar-refractivity contribution in [3.63, 3.8) is 0 Å². The van der Waals surface area contributed by atoms with Gasteiger partial charge in [-0.25, -0.2) is 4.98 Å². The van der Waals surface area contributed by atoms with E-state index in [1.807, 2.05) is 6.92 Å². The number of anilines is 1. The Kier molecular flexibility index (Phi) is 5.23. The normalized spacial score (nSPS) is 22.2. The monoisotopic (exact) mass is 317 g/mol. The van der Waals surface area contributed by atoms with Crippen LogP contribution in [-0.2, 0) is 4.79 Å². The highest BCUT2D eigenvalue weighted by molar-refractivity contribution is 5.92. The van der Waals surface area contributed by atoms with Gasteiger partial charge in [0.2, 0.25) is 11.8 Å². The number of pyridine rings is 1. The van der Waals surface area contributed by atoms with Gasteiger partial charge in [-0.15, -0.1) is 0 Å². The highest BCUT2D eigenvalue weighted by Gasteiger charge is 2.28. The van der Waals surface area contributed by atoms with E-state index in [1.165, 1.54) is 18.3 Å². The summed E-state index contributed by atoms with van der Waals surface area (Å²) in [7, 11) is 0. The molecule has 2 heterocycles. The van der Waals surface area contributed by atoms with Crippen molar-refractivity contribution in [2.75, 3.05) is 18.5 Å². The number of nitrogens with zero attached hydrogens (tertiary/aromatic N) is 1. The zero-order chi connectivity index (χ0) is 16.2. The number of aromatic nitrogens is 1. The minimum atomic E-state index is -4.40.